The van der Waals surface area contributed by atoms with E-state index in [1.165, 1.54) is 12.2 Å². The molecule has 8 atom stereocenters. The van der Waals surface area contributed by atoms with Crippen molar-refractivity contribution in [3.05, 3.63) is 23.8 Å². The van der Waals surface area contributed by atoms with Gasteiger partial charge in [-0.15, -0.1) is 0 Å². The molecular formula is C26H37FO8. The Balaban J connectivity index is 1.60. The van der Waals surface area contributed by atoms with E-state index in [1.54, 1.807) is 26.8 Å². The summed E-state index contributed by atoms with van der Waals surface area (Å²) >= 11 is 0. The minimum Gasteiger partial charge on any atom is -0.393 e. The predicted octanol–water partition coefficient (Wildman–Crippen LogP) is 2.21. The molecular weight excluding hydrogens is 459 g/mol. The molecule has 3 N–H and O–H groups in total. The average Bonchev–Trinajstić information content (AvgIpc) is 3.05. The number of carbonyl (C=O) groups excluding carboxylic acids is 2. The van der Waals surface area contributed by atoms with Crippen LogP contribution in [0.4, 0.5) is 4.39 Å². The first-order chi connectivity index (χ1) is 16.3. The normalized spacial score (nSPS) is 42.8. The lowest BCUT2D eigenvalue weighted by molar-refractivity contribution is -0.481. The minimum absolute atomic E-state index is 0.0731. The fourth-order valence-electron chi connectivity index (χ4n) is 7.56. The largest absolute Gasteiger partial charge is 0.410 e. The van der Waals surface area contributed by atoms with E-state index in [4.69, 9.17) is 14.2 Å². The van der Waals surface area contributed by atoms with Gasteiger partial charge in [0.1, 0.15) is 18.4 Å². The molecule has 4 aliphatic rings. The van der Waals surface area contributed by atoms with Gasteiger partial charge in [-0.2, -0.15) is 0 Å². The second-order valence-electron chi connectivity index (χ2n) is 10.8. The number of aliphatic hydroxyl groups is 3. The highest BCUT2D eigenvalue weighted by Gasteiger charge is 2.69. The lowest BCUT2D eigenvalue weighted by Crippen LogP contribution is -2.63. The summed E-state index contributed by atoms with van der Waals surface area (Å²) in [6.07, 6.45) is 0.724. The van der Waals surface area contributed by atoms with E-state index in [0.29, 0.717) is 12.0 Å². The number of aliphatic hydroxyl groups excluding tert-OH is 1. The molecule has 4 rings (SSSR count). The number of ketones is 2. The number of carbonyl (C=O) groups is 2. The van der Waals surface area contributed by atoms with Gasteiger partial charge in [-0.25, -0.2) is 4.39 Å². The van der Waals surface area contributed by atoms with Crippen molar-refractivity contribution in [1.29, 1.82) is 0 Å². The van der Waals surface area contributed by atoms with Crippen LogP contribution in [0, 0.1) is 28.6 Å². The zero-order chi connectivity index (χ0) is 25.8. The van der Waals surface area contributed by atoms with Gasteiger partial charge in [0.05, 0.1) is 19.3 Å². The molecule has 0 spiro atoms. The van der Waals surface area contributed by atoms with E-state index in [2.05, 4.69) is 0 Å². The third-order valence-electron chi connectivity index (χ3n) is 9.13. The Morgan fingerprint density at radius 2 is 1.89 bits per heavy atom. The van der Waals surface area contributed by atoms with Crippen LogP contribution in [0.15, 0.2) is 23.8 Å². The number of alkyl halides is 1. The number of halogens is 1. The van der Waals surface area contributed by atoms with Crippen LogP contribution in [0.5, 0.6) is 0 Å². The fourth-order valence-corrected chi connectivity index (χ4v) is 7.56. The number of ether oxygens (including phenoxy) is 3. The van der Waals surface area contributed by atoms with Crippen molar-refractivity contribution in [3.63, 3.8) is 0 Å². The van der Waals surface area contributed by atoms with E-state index in [-0.39, 0.29) is 56.0 Å². The molecule has 3 saturated carbocycles. The van der Waals surface area contributed by atoms with Crippen molar-refractivity contribution < 1.29 is 43.5 Å². The van der Waals surface area contributed by atoms with Crippen LogP contribution in [0.2, 0.25) is 0 Å². The highest BCUT2D eigenvalue weighted by molar-refractivity contribution is 6.01. The molecule has 0 bridgehead atoms. The SMILES string of the molecule is CCOC(O)(OCC)OCC(=O)[C@@]1(O)CC[C@H]2[C@@H]3C[C@H](F)C4=CC(=O)C=C[C@]4(C)[C@H]3C(O)C[C@@]21C. The third-order valence-corrected chi connectivity index (χ3v) is 9.13. The van der Waals surface area contributed by atoms with Gasteiger partial charge in [-0.3, -0.25) is 14.3 Å². The number of fused-ring (bicyclic) bond motifs is 5. The quantitative estimate of drug-likeness (QED) is 0.437. The van der Waals surface area contributed by atoms with Crippen LogP contribution in [0.1, 0.15) is 53.4 Å². The van der Waals surface area contributed by atoms with E-state index >= 15 is 4.39 Å². The molecule has 35 heavy (non-hydrogen) atoms. The van der Waals surface area contributed by atoms with Crippen LogP contribution in [0.3, 0.4) is 0 Å². The van der Waals surface area contributed by atoms with Crippen molar-refractivity contribution in [2.24, 2.45) is 28.6 Å². The molecule has 0 aliphatic heterocycles. The number of hydrogen-bond acceptors (Lipinski definition) is 8. The average molecular weight is 497 g/mol. The Labute approximate surface area is 205 Å². The third kappa shape index (κ3) is 4.04. The van der Waals surface area contributed by atoms with Crippen molar-refractivity contribution >= 4 is 11.6 Å². The molecule has 0 radical (unpaired) electrons. The fraction of sp³-hybridized carbons (Fsp3) is 0.769. The molecule has 196 valence electrons. The monoisotopic (exact) mass is 496 g/mol. The molecule has 0 aromatic rings. The number of hydrogen-bond donors (Lipinski definition) is 3. The van der Waals surface area contributed by atoms with Gasteiger partial charge in [-0.05, 0) is 69.1 Å². The van der Waals surface area contributed by atoms with Crippen LogP contribution < -0.4 is 0 Å². The zero-order valence-electron chi connectivity index (χ0n) is 20.8. The van der Waals surface area contributed by atoms with E-state index in [9.17, 15) is 24.9 Å². The maximum absolute atomic E-state index is 15.4. The molecule has 0 amide bonds. The maximum atomic E-state index is 15.4. The number of allylic oxidation sites excluding steroid dienone is 4. The van der Waals surface area contributed by atoms with Gasteiger partial charge in [0.15, 0.2) is 11.6 Å². The van der Waals surface area contributed by atoms with Crippen molar-refractivity contribution in [1.82, 2.24) is 0 Å². The molecule has 8 nitrogen and oxygen atoms in total. The summed E-state index contributed by atoms with van der Waals surface area (Å²) in [6.45, 7) is 6.39. The second kappa shape index (κ2) is 9.11. The summed E-state index contributed by atoms with van der Waals surface area (Å²) in [5.74, 6) is -1.74. The summed E-state index contributed by atoms with van der Waals surface area (Å²) in [4.78, 5) is 25.3. The Kier molecular flexibility index (Phi) is 6.92. The molecule has 0 heterocycles. The van der Waals surface area contributed by atoms with Crippen LogP contribution in [0.25, 0.3) is 0 Å². The van der Waals surface area contributed by atoms with Gasteiger partial charge >= 0.3 is 6.16 Å². The summed E-state index contributed by atoms with van der Waals surface area (Å²) in [5, 5.41) is 33.4. The first kappa shape index (κ1) is 26.6. The van der Waals surface area contributed by atoms with Crippen molar-refractivity contribution in [3.8, 4) is 0 Å². The van der Waals surface area contributed by atoms with Crippen LogP contribution in [-0.4, -0.2) is 70.7 Å². The molecule has 4 aliphatic carbocycles. The molecule has 9 heteroatoms. The Hall–Kier alpha value is -1.49. The Bertz CT molecular complexity index is 926. The van der Waals surface area contributed by atoms with Crippen LogP contribution >= 0.6 is 0 Å². The predicted molar refractivity (Wildman–Crippen MR) is 122 cm³/mol. The minimum atomic E-state index is -2.40. The lowest BCUT2D eigenvalue weighted by Gasteiger charge is -2.60. The van der Waals surface area contributed by atoms with E-state index in [0.717, 1.165) is 0 Å². The second-order valence-corrected chi connectivity index (χ2v) is 10.8. The highest BCUT2D eigenvalue weighted by Crippen LogP contribution is 2.67. The lowest BCUT2D eigenvalue weighted by atomic mass is 9.46. The Morgan fingerprint density at radius 1 is 1.23 bits per heavy atom. The first-order valence-corrected chi connectivity index (χ1v) is 12.5. The number of rotatable bonds is 8. The van der Waals surface area contributed by atoms with Gasteiger partial charge in [0.2, 0.25) is 0 Å². The highest BCUT2D eigenvalue weighted by atomic mass is 19.1. The topological polar surface area (TPSA) is 123 Å². The van der Waals surface area contributed by atoms with Gasteiger partial charge in [0, 0.05) is 16.7 Å². The standard InChI is InChI=1S/C26H37FO8/c1-5-33-26(32,34-6-2)35-14-21(30)25(31)10-8-17-16-12-19(27)18-11-15(28)7-9-23(18,3)22(16)20(29)13-24(17,25)4/h7,9,11,16-17,19-20,22,29,31-32H,5-6,8,10,12-14H2,1-4H3/t16-,17-,19-,20?,22+,23-,24-,25-/m0/s1. The van der Waals surface area contributed by atoms with E-state index in [1.807, 2.05) is 6.92 Å². The maximum Gasteiger partial charge on any atom is 0.410 e. The summed E-state index contributed by atoms with van der Waals surface area (Å²) in [6, 6.07) is 0. The van der Waals surface area contributed by atoms with Gasteiger partial charge in [-0.1, -0.05) is 19.9 Å². The Morgan fingerprint density at radius 3 is 2.51 bits per heavy atom. The smallest absolute Gasteiger partial charge is 0.393 e. The van der Waals surface area contributed by atoms with Crippen molar-refractivity contribution in [2.45, 2.75) is 77.4 Å². The first-order valence-electron chi connectivity index (χ1n) is 12.5. The molecule has 3 fully saturated rings. The molecule has 0 aromatic carbocycles. The van der Waals surface area contributed by atoms with E-state index < -0.39 is 47.3 Å². The summed E-state index contributed by atoms with van der Waals surface area (Å²) in [5.41, 5.74) is -3.26. The van der Waals surface area contributed by atoms with Gasteiger partial charge in [0.25, 0.3) is 0 Å². The van der Waals surface area contributed by atoms with Crippen LogP contribution in [-0.2, 0) is 23.8 Å². The summed E-state index contributed by atoms with van der Waals surface area (Å²) in [7, 11) is 0. The zero-order valence-corrected chi connectivity index (χ0v) is 20.8. The van der Waals surface area contributed by atoms with Crippen molar-refractivity contribution in [2.75, 3.05) is 19.8 Å². The number of Topliss-reactive ketones (excluding diaryl/α,β-unsaturated/α-hetero) is 1. The summed E-state index contributed by atoms with van der Waals surface area (Å²) < 4.78 is 30.8. The molecule has 1 unspecified atom stereocenters. The molecule has 0 aromatic heterocycles. The van der Waals surface area contributed by atoms with Gasteiger partial charge < -0.3 is 24.8 Å². The molecule has 0 saturated heterocycles.